The summed E-state index contributed by atoms with van der Waals surface area (Å²) in [5.74, 6) is 1.63. The van der Waals surface area contributed by atoms with Crippen molar-refractivity contribution in [2.45, 2.75) is 26.7 Å². The van der Waals surface area contributed by atoms with E-state index in [0.717, 1.165) is 24.9 Å². The first-order valence-electron chi connectivity index (χ1n) is 8.38. The quantitative estimate of drug-likeness (QED) is 0.823. The van der Waals surface area contributed by atoms with Gasteiger partial charge in [0.1, 0.15) is 0 Å². The Kier molecular flexibility index (Phi) is 6.98. The molecule has 0 atom stereocenters. The van der Waals surface area contributed by atoms with Crippen LogP contribution in [0.25, 0.3) is 6.08 Å². The molecule has 1 aliphatic heterocycles. The molecular weight excluding hydrogens is 256 g/mol. The van der Waals surface area contributed by atoms with Crippen LogP contribution in [0.3, 0.4) is 0 Å². The van der Waals surface area contributed by atoms with Gasteiger partial charge in [-0.2, -0.15) is 0 Å². The topological polar surface area (TPSA) is 15.3 Å². The third-order valence-corrected chi connectivity index (χ3v) is 4.17. The number of hydrogen-bond donors (Lipinski definition) is 1. The molecule has 0 unspecified atom stereocenters. The number of nitrogens with zero attached hydrogens (tertiary/aromatic N) is 1. The van der Waals surface area contributed by atoms with Crippen LogP contribution >= 0.6 is 0 Å². The maximum Gasteiger partial charge on any atom is 0.0166 e. The number of hydrogen-bond acceptors (Lipinski definition) is 2. The highest BCUT2D eigenvalue weighted by Crippen LogP contribution is 2.16. The van der Waals surface area contributed by atoms with Gasteiger partial charge in [-0.25, -0.2) is 0 Å². The zero-order valence-electron chi connectivity index (χ0n) is 13.6. The first-order chi connectivity index (χ1) is 10.2. The molecule has 0 aromatic heterocycles. The van der Waals surface area contributed by atoms with Crippen LogP contribution in [-0.2, 0) is 0 Å². The normalized spacial score (nSPS) is 17.9. The Balaban J connectivity index is 1.62. The second-order valence-corrected chi connectivity index (χ2v) is 6.61. The smallest absolute Gasteiger partial charge is 0.0166 e. The lowest BCUT2D eigenvalue weighted by atomic mass is 9.96. The van der Waals surface area contributed by atoms with E-state index in [0.29, 0.717) is 0 Å². The first-order valence-corrected chi connectivity index (χ1v) is 8.38. The predicted octanol–water partition coefficient (Wildman–Crippen LogP) is 3.66. The van der Waals surface area contributed by atoms with E-state index in [-0.39, 0.29) is 0 Å². The number of nitrogens with one attached hydrogen (secondary N) is 1. The fraction of sp³-hybridized carbons (Fsp3) is 0.579. The van der Waals surface area contributed by atoms with Crippen LogP contribution < -0.4 is 5.32 Å². The zero-order valence-corrected chi connectivity index (χ0v) is 13.6. The van der Waals surface area contributed by atoms with Crippen LogP contribution in [0.1, 0.15) is 32.3 Å². The van der Waals surface area contributed by atoms with Gasteiger partial charge in [-0.1, -0.05) is 56.3 Å². The van der Waals surface area contributed by atoms with E-state index in [4.69, 9.17) is 0 Å². The van der Waals surface area contributed by atoms with Gasteiger partial charge in [-0.3, -0.25) is 4.90 Å². The largest absolute Gasteiger partial charge is 0.316 e. The van der Waals surface area contributed by atoms with Crippen LogP contribution in [0.4, 0.5) is 0 Å². The van der Waals surface area contributed by atoms with E-state index in [1.54, 1.807) is 0 Å². The maximum atomic E-state index is 3.60. The molecule has 1 saturated heterocycles. The lowest BCUT2D eigenvalue weighted by Gasteiger charge is -2.31. The third kappa shape index (κ3) is 6.45. The van der Waals surface area contributed by atoms with E-state index in [1.165, 1.54) is 38.0 Å². The van der Waals surface area contributed by atoms with Gasteiger partial charge < -0.3 is 5.32 Å². The highest BCUT2D eigenvalue weighted by molar-refractivity contribution is 5.48. The summed E-state index contributed by atoms with van der Waals surface area (Å²) in [6, 6.07) is 10.6. The molecule has 0 radical (unpaired) electrons. The zero-order chi connectivity index (χ0) is 14.9. The molecule has 0 saturated carbocycles. The Hall–Kier alpha value is -1.12. The molecule has 1 aromatic rings. The summed E-state index contributed by atoms with van der Waals surface area (Å²) in [5, 5.41) is 3.60. The molecular formula is C19H30N2. The van der Waals surface area contributed by atoms with Crippen molar-refractivity contribution >= 4 is 6.08 Å². The molecule has 1 heterocycles. The van der Waals surface area contributed by atoms with Crippen molar-refractivity contribution in [3.63, 3.8) is 0 Å². The van der Waals surface area contributed by atoms with Gasteiger partial charge in [0, 0.05) is 6.54 Å². The number of piperidine rings is 1. The fourth-order valence-corrected chi connectivity index (χ4v) is 2.85. The van der Waals surface area contributed by atoms with E-state index < -0.39 is 0 Å². The van der Waals surface area contributed by atoms with Crippen molar-refractivity contribution in [2.75, 3.05) is 32.7 Å². The molecule has 1 aliphatic rings. The first kappa shape index (κ1) is 16.3. The van der Waals surface area contributed by atoms with E-state index in [1.807, 2.05) is 0 Å². The van der Waals surface area contributed by atoms with Gasteiger partial charge >= 0.3 is 0 Å². The molecule has 1 fully saturated rings. The van der Waals surface area contributed by atoms with Gasteiger partial charge in [0.2, 0.25) is 0 Å². The number of rotatable bonds is 7. The fourth-order valence-electron chi connectivity index (χ4n) is 2.85. The summed E-state index contributed by atoms with van der Waals surface area (Å²) < 4.78 is 0. The molecule has 0 bridgehead atoms. The lowest BCUT2D eigenvalue weighted by molar-refractivity contribution is 0.197. The molecule has 1 N–H and O–H groups in total. The van der Waals surface area contributed by atoms with Crippen molar-refractivity contribution in [1.29, 1.82) is 0 Å². The van der Waals surface area contributed by atoms with Crippen molar-refractivity contribution < 1.29 is 0 Å². The summed E-state index contributed by atoms with van der Waals surface area (Å²) in [4.78, 5) is 2.57. The molecule has 0 amide bonds. The predicted molar refractivity (Wildman–Crippen MR) is 92.3 cm³/mol. The summed E-state index contributed by atoms with van der Waals surface area (Å²) in [6.45, 7) is 10.5. The summed E-state index contributed by atoms with van der Waals surface area (Å²) in [6.07, 6.45) is 7.21. The summed E-state index contributed by atoms with van der Waals surface area (Å²) >= 11 is 0. The minimum Gasteiger partial charge on any atom is -0.316 e. The summed E-state index contributed by atoms with van der Waals surface area (Å²) in [5.41, 5.74) is 1.30. The Bertz CT molecular complexity index is 403. The minimum atomic E-state index is 0.758. The molecule has 2 rings (SSSR count). The third-order valence-electron chi connectivity index (χ3n) is 4.17. The van der Waals surface area contributed by atoms with Crippen LogP contribution in [0.5, 0.6) is 0 Å². The van der Waals surface area contributed by atoms with E-state index in [2.05, 4.69) is 66.5 Å². The molecule has 21 heavy (non-hydrogen) atoms. The average molecular weight is 286 g/mol. The second-order valence-electron chi connectivity index (χ2n) is 6.61. The van der Waals surface area contributed by atoms with Gasteiger partial charge in [0.15, 0.2) is 0 Å². The van der Waals surface area contributed by atoms with Crippen LogP contribution in [-0.4, -0.2) is 37.6 Å². The minimum absolute atomic E-state index is 0.758. The van der Waals surface area contributed by atoms with Gasteiger partial charge in [-0.15, -0.1) is 0 Å². The standard InChI is InChI=1S/C19H30N2/c1-17(2)15-20-16-19-10-13-21(14-11-19)12-6-9-18-7-4-3-5-8-18/h3-9,17,19-20H,10-16H2,1-2H3. The Labute approximate surface area is 130 Å². The Morgan fingerprint density at radius 2 is 1.90 bits per heavy atom. The van der Waals surface area contributed by atoms with Crippen LogP contribution in [0.2, 0.25) is 0 Å². The Morgan fingerprint density at radius 3 is 2.57 bits per heavy atom. The second kappa shape index (κ2) is 9.01. The molecule has 2 heteroatoms. The van der Waals surface area contributed by atoms with Gasteiger partial charge in [-0.05, 0) is 56.4 Å². The SMILES string of the molecule is CC(C)CNCC1CCN(CC=Cc2ccccc2)CC1. The van der Waals surface area contributed by atoms with Gasteiger partial charge in [0.25, 0.3) is 0 Å². The van der Waals surface area contributed by atoms with Crippen molar-refractivity contribution in [3.05, 3.63) is 42.0 Å². The maximum absolute atomic E-state index is 3.60. The molecule has 116 valence electrons. The van der Waals surface area contributed by atoms with Gasteiger partial charge in [0.05, 0.1) is 0 Å². The van der Waals surface area contributed by atoms with Crippen LogP contribution in [0, 0.1) is 11.8 Å². The molecule has 1 aromatic carbocycles. The summed E-state index contributed by atoms with van der Waals surface area (Å²) in [7, 11) is 0. The number of benzene rings is 1. The Morgan fingerprint density at radius 1 is 1.19 bits per heavy atom. The van der Waals surface area contributed by atoms with Crippen molar-refractivity contribution in [3.8, 4) is 0 Å². The highest BCUT2D eigenvalue weighted by Gasteiger charge is 2.17. The van der Waals surface area contributed by atoms with Crippen LogP contribution in [0.15, 0.2) is 36.4 Å². The lowest BCUT2D eigenvalue weighted by Crippen LogP contribution is -2.37. The number of likely N-dealkylation sites (tertiary alicyclic amines) is 1. The highest BCUT2D eigenvalue weighted by atomic mass is 15.1. The average Bonchev–Trinajstić information content (AvgIpc) is 2.50. The monoisotopic (exact) mass is 286 g/mol. The van der Waals surface area contributed by atoms with Crippen molar-refractivity contribution in [1.82, 2.24) is 10.2 Å². The molecule has 0 spiro atoms. The van der Waals surface area contributed by atoms with E-state index >= 15 is 0 Å². The molecule has 0 aliphatic carbocycles. The molecule has 2 nitrogen and oxygen atoms in total. The van der Waals surface area contributed by atoms with E-state index in [9.17, 15) is 0 Å². The van der Waals surface area contributed by atoms with Crippen molar-refractivity contribution in [2.24, 2.45) is 11.8 Å².